The average Bonchev–Trinajstić information content (AvgIpc) is 2.07. The van der Waals surface area contributed by atoms with Crippen LogP contribution in [0.4, 0.5) is 0 Å². The highest BCUT2D eigenvalue weighted by atomic mass is 16.7. The Balaban J connectivity index is 1.96. The molecule has 0 saturated carbocycles. The first-order valence-corrected chi connectivity index (χ1v) is 4.46. The summed E-state index contributed by atoms with van der Waals surface area (Å²) in [5, 5.41) is 2.04. The van der Waals surface area contributed by atoms with Crippen LogP contribution in [0.25, 0.3) is 0 Å². The molecule has 0 spiro atoms. The van der Waals surface area contributed by atoms with Crippen molar-refractivity contribution in [3.8, 4) is 0 Å². The highest BCUT2D eigenvalue weighted by Crippen LogP contribution is 2.07. The largest absolute Gasteiger partial charge is 0.299 e. The predicted molar refractivity (Wildman–Crippen MR) is 45.7 cm³/mol. The van der Waals surface area contributed by atoms with Crippen molar-refractivity contribution in [2.24, 2.45) is 0 Å². The number of unbranched alkanes of at least 4 members (excludes halogenated alkanes) is 1. The van der Waals surface area contributed by atoms with E-state index in [1.54, 1.807) is 0 Å². The molecule has 0 atom stereocenters. The number of hydroxylamine groups is 2. The molecule has 0 aromatic heterocycles. The van der Waals surface area contributed by atoms with E-state index in [0.29, 0.717) is 0 Å². The van der Waals surface area contributed by atoms with Crippen LogP contribution in [-0.2, 0) is 4.84 Å². The number of rotatable bonds is 4. The van der Waals surface area contributed by atoms with Crippen LogP contribution in [0.15, 0.2) is 0 Å². The van der Waals surface area contributed by atoms with Crippen molar-refractivity contribution in [2.75, 3.05) is 19.7 Å². The summed E-state index contributed by atoms with van der Waals surface area (Å²) in [6.07, 6.45) is 7.88. The maximum atomic E-state index is 5.51. The van der Waals surface area contributed by atoms with Crippen LogP contribution >= 0.6 is 0 Å². The van der Waals surface area contributed by atoms with Gasteiger partial charge in [-0.3, -0.25) is 4.84 Å². The summed E-state index contributed by atoms with van der Waals surface area (Å²) in [6.45, 7) is 5.08. The molecule has 0 bridgehead atoms. The molecule has 2 heteroatoms. The second-order valence-corrected chi connectivity index (χ2v) is 2.83. The van der Waals surface area contributed by atoms with E-state index in [4.69, 9.17) is 4.84 Å². The van der Waals surface area contributed by atoms with Crippen LogP contribution in [0.5, 0.6) is 0 Å². The summed E-state index contributed by atoms with van der Waals surface area (Å²) >= 11 is 0. The second kappa shape index (κ2) is 5.56. The molecule has 1 heterocycles. The minimum absolute atomic E-state index is 0.879. The van der Waals surface area contributed by atoms with Crippen molar-refractivity contribution in [1.82, 2.24) is 5.06 Å². The van der Waals surface area contributed by atoms with E-state index in [1.807, 2.05) is 5.06 Å². The zero-order valence-electron chi connectivity index (χ0n) is 7.25. The van der Waals surface area contributed by atoms with Gasteiger partial charge in [-0.25, -0.2) is 0 Å². The van der Waals surface area contributed by atoms with E-state index in [2.05, 4.69) is 19.8 Å². The molecule has 0 unspecified atom stereocenters. The fourth-order valence-corrected chi connectivity index (χ4v) is 1.08. The molecule has 1 aliphatic rings. The van der Waals surface area contributed by atoms with Gasteiger partial charge in [-0.2, -0.15) is 5.06 Å². The number of hydrogen-bond acceptors (Lipinski definition) is 2. The Hall–Kier alpha value is -0.0800. The van der Waals surface area contributed by atoms with E-state index in [1.165, 1.54) is 12.8 Å². The van der Waals surface area contributed by atoms with Gasteiger partial charge in [-0.1, -0.05) is 13.3 Å². The Morgan fingerprint density at radius 2 is 2.36 bits per heavy atom. The molecule has 0 amide bonds. The summed E-state index contributed by atoms with van der Waals surface area (Å²) in [4.78, 5) is 5.51. The summed E-state index contributed by atoms with van der Waals surface area (Å²) in [6, 6.07) is 0. The average molecular weight is 155 g/mol. The molecule has 1 saturated heterocycles. The van der Waals surface area contributed by atoms with Gasteiger partial charge < -0.3 is 0 Å². The molecule has 11 heavy (non-hydrogen) atoms. The Labute approximate surface area is 69.5 Å². The Morgan fingerprint density at radius 3 is 3.00 bits per heavy atom. The van der Waals surface area contributed by atoms with E-state index in [-0.39, 0.29) is 0 Å². The van der Waals surface area contributed by atoms with Gasteiger partial charge in [0.05, 0.1) is 6.61 Å². The fraction of sp³-hybridized carbons (Fsp3) is 0.778. The molecule has 0 aromatic carbocycles. The van der Waals surface area contributed by atoms with Crippen LogP contribution in [0.1, 0.15) is 26.2 Å². The molecule has 1 fully saturated rings. The third kappa shape index (κ3) is 3.73. The number of piperidine rings is 1. The van der Waals surface area contributed by atoms with Gasteiger partial charge in [0.1, 0.15) is 0 Å². The van der Waals surface area contributed by atoms with Gasteiger partial charge in [-0.05, 0) is 25.7 Å². The Kier molecular flexibility index (Phi) is 4.55. The van der Waals surface area contributed by atoms with Gasteiger partial charge in [0.25, 0.3) is 0 Å². The third-order valence-electron chi connectivity index (χ3n) is 1.79. The summed E-state index contributed by atoms with van der Waals surface area (Å²) in [5.74, 6) is 0. The first-order chi connectivity index (χ1) is 5.43. The lowest BCUT2D eigenvalue weighted by molar-refractivity contribution is -0.157. The second-order valence-electron chi connectivity index (χ2n) is 2.83. The number of nitrogens with zero attached hydrogens (tertiary/aromatic N) is 1. The smallest absolute Gasteiger partial charge is 0.0685 e. The van der Waals surface area contributed by atoms with Gasteiger partial charge >= 0.3 is 0 Å². The highest BCUT2D eigenvalue weighted by Gasteiger charge is 2.09. The summed E-state index contributed by atoms with van der Waals surface area (Å²) in [7, 11) is 0. The maximum Gasteiger partial charge on any atom is 0.0685 e. The van der Waals surface area contributed by atoms with Crippen LogP contribution in [-0.4, -0.2) is 24.8 Å². The van der Waals surface area contributed by atoms with Crippen LogP contribution in [0.3, 0.4) is 0 Å². The van der Waals surface area contributed by atoms with Gasteiger partial charge in [0.15, 0.2) is 0 Å². The van der Waals surface area contributed by atoms with Crippen LogP contribution in [0, 0.1) is 12.8 Å². The van der Waals surface area contributed by atoms with Crippen molar-refractivity contribution >= 4 is 0 Å². The lowest BCUT2D eigenvalue weighted by Gasteiger charge is -2.25. The predicted octanol–water partition coefficient (Wildman–Crippen LogP) is 1.83. The van der Waals surface area contributed by atoms with E-state index < -0.39 is 0 Å². The van der Waals surface area contributed by atoms with Crippen molar-refractivity contribution in [1.29, 1.82) is 0 Å². The molecule has 0 N–H and O–H groups in total. The van der Waals surface area contributed by atoms with Gasteiger partial charge in [-0.15, -0.1) is 0 Å². The standard InChI is InChI=1S/C9H17NO/c1-2-3-9-11-10-7-5-4-6-8-10/h4-5H,2-3,6-9H2,1H3. The Bertz CT molecular complexity index is 89.6. The lowest BCUT2D eigenvalue weighted by Crippen LogP contribution is -2.30. The quantitative estimate of drug-likeness (QED) is 0.574. The number of hydrogen-bond donors (Lipinski definition) is 0. The van der Waals surface area contributed by atoms with Crippen LogP contribution < -0.4 is 0 Å². The first-order valence-electron chi connectivity index (χ1n) is 4.46. The van der Waals surface area contributed by atoms with Crippen molar-refractivity contribution in [3.05, 3.63) is 12.8 Å². The molecule has 1 rings (SSSR count). The summed E-state index contributed by atoms with van der Waals surface area (Å²) in [5.41, 5.74) is 0. The molecular weight excluding hydrogens is 138 g/mol. The van der Waals surface area contributed by atoms with E-state index in [9.17, 15) is 0 Å². The zero-order chi connectivity index (χ0) is 7.94. The van der Waals surface area contributed by atoms with Crippen molar-refractivity contribution in [2.45, 2.75) is 26.2 Å². The molecule has 1 aliphatic heterocycles. The SMILES string of the molecule is CCCCON1C[CH][CH]CC1. The first kappa shape index (κ1) is 9.01. The van der Waals surface area contributed by atoms with Crippen LogP contribution in [0.2, 0.25) is 0 Å². The topological polar surface area (TPSA) is 12.5 Å². The summed E-state index contributed by atoms with van der Waals surface area (Å²) < 4.78 is 0. The highest BCUT2D eigenvalue weighted by molar-refractivity contribution is 4.89. The minimum atomic E-state index is 0.879. The zero-order valence-corrected chi connectivity index (χ0v) is 7.25. The molecule has 2 nitrogen and oxygen atoms in total. The van der Waals surface area contributed by atoms with E-state index in [0.717, 1.165) is 26.1 Å². The maximum absolute atomic E-state index is 5.51. The van der Waals surface area contributed by atoms with Crippen molar-refractivity contribution in [3.63, 3.8) is 0 Å². The molecule has 0 aliphatic carbocycles. The van der Waals surface area contributed by atoms with Gasteiger partial charge in [0.2, 0.25) is 0 Å². The molecule has 64 valence electrons. The van der Waals surface area contributed by atoms with Gasteiger partial charge in [0, 0.05) is 13.1 Å². The monoisotopic (exact) mass is 155 g/mol. The fourth-order valence-electron chi connectivity index (χ4n) is 1.08. The molecule has 2 radical (unpaired) electrons. The molecule has 0 aromatic rings. The van der Waals surface area contributed by atoms with Crippen molar-refractivity contribution < 1.29 is 4.84 Å². The minimum Gasteiger partial charge on any atom is -0.299 e. The normalized spacial score (nSPS) is 20.5. The third-order valence-corrected chi connectivity index (χ3v) is 1.79. The Morgan fingerprint density at radius 1 is 1.45 bits per heavy atom. The molecular formula is C9H17NO. The lowest BCUT2D eigenvalue weighted by atomic mass is 10.2. The van der Waals surface area contributed by atoms with E-state index >= 15 is 0 Å².